The van der Waals surface area contributed by atoms with E-state index in [1.54, 1.807) is 0 Å². The van der Waals surface area contributed by atoms with E-state index in [0.29, 0.717) is 11.8 Å². The van der Waals surface area contributed by atoms with Crippen LogP contribution in [0.3, 0.4) is 0 Å². The highest BCUT2D eigenvalue weighted by Gasteiger charge is 2.57. The van der Waals surface area contributed by atoms with E-state index < -0.39 is 0 Å². The first-order chi connectivity index (χ1) is 6.18. The molecule has 3 bridgehead atoms. The van der Waals surface area contributed by atoms with E-state index in [-0.39, 0.29) is 24.6 Å². The summed E-state index contributed by atoms with van der Waals surface area (Å²) in [5.41, 5.74) is 0. The van der Waals surface area contributed by atoms with Gasteiger partial charge in [0.15, 0.2) is 0 Å². The van der Waals surface area contributed by atoms with Gasteiger partial charge in [-0.15, -0.1) is 0 Å². The standard InChI is InChI=1S/C10H14O3/c1-4-7-5(2)9-10(13-7)11-6(3)8(4)12-9/h4-5,7-10H,3H2,1-2H3/t4-,5+,7?,8+,9-,10+/m1/s1. The molecule has 0 saturated carbocycles. The molecule has 3 rings (SSSR count). The first-order valence-corrected chi connectivity index (χ1v) is 4.85. The van der Waals surface area contributed by atoms with Crippen molar-refractivity contribution in [3.8, 4) is 0 Å². The Balaban J connectivity index is 2.02. The Morgan fingerprint density at radius 3 is 2.62 bits per heavy atom. The van der Waals surface area contributed by atoms with Gasteiger partial charge in [-0.2, -0.15) is 0 Å². The lowest BCUT2D eigenvalue weighted by Crippen LogP contribution is -2.49. The third-order valence-corrected chi connectivity index (χ3v) is 3.48. The second kappa shape index (κ2) is 2.28. The maximum Gasteiger partial charge on any atom is 0.226 e. The first-order valence-electron chi connectivity index (χ1n) is 4.85. The third kappa shape index (κ3) is 0.816. The van der Waals surface area contributed by atoms with Crippen LogP contribution in [0.25, 0.3) is 0 Å². The average Bonchev–Trinajstić information content (AvgIpc) is 2.25. The number of hydrogen-bond acceptors (Lipinski definition) is 3. The Labute approximate surface area is 77.7 Å². The number of hydrogen-bond donors (Lipinski definition) is 0. The van der Waals surface area contributed by atoms with Crippen molar-refractivity contribution >= 4 is 0 Å². The molecule has 0 aromatic rings. The van der Waals surface area contributed by atoms with Gasteiger partial charge in [-0.05, 0) is 0 Å². The Hall–Kier alpha value is -0.540. The molecule has 3 aliphatic heterocycles. The van der Waals surface area contributed by atoms with Gasteiger partial charge in [0.05, 0.1) is 6.10 Å². The molecule has 3 heterocycles. The predicted molar refractivity (Wildman–Crippen MR) is 45.9 cm³/mol. The molecule has 3 fully saturated rings. The number of rotatable bonds is 0. The molecule has 0 aliphatic carbocycles. The molecule has 13 heavy (non-hydrogen) atoms. The van der Waals surface area contributed by atoms with E-state index >= 15 is 0 Å². The van der Waals surface area contributed by atoms with Crippen molar-refractivity contribution in [1.29, 1.82) is 0 Å². The fraction of sp³-hybridized carbons (Fsp3) is 0.800. The molecule has 0 spiro atoms. The lowest BCUT2D eigenvalue weighted by atomic mass is 9.83. The zero-order valence-corrected chi connectivity index (χ0v) is 7.90. The van der Waals surface area contributed by atoms with Crippen molar-refractivity contribution in [3.05, 3.63) is 12.3 Å². The van der Waals surface area contributed by atoms with E-state index in [4.69, 9.17) is 14.2 Å². The molecule has 0 aromatic carbocycles. The highest BCUT2D eigenvalue weighted by molar-refractivity contribution is 5.10. The Bertz CT molecular complexity index is 263. The van der Waals surface area contributed by atoms with Gasteiger partial charge in [0, 0.05) is 11.8 Å². The van der Waals surface area contributed by atoms with Crippen LogP contribution in [0.5, 0.6) is 0 Å². The second-order valence-corrected chi connectivity index (χ2v) is 4.29. The van der Waals surface area contributed by atoms with Crippen LogP contribution in [0.4, 0.5) is 0 Å². The molecule has 0 radical (unpaired) electrons. The van der Waals surface area contributed by atoms with E-state index in [1.165, 1.54) is 0 Å². The molecule has 3 saturated heterocycles. The summed E-state index contributed by atoms with van der Waals surface area (Å²) >= 11 is 0. The maximum atomic E-state index is 5.86. The highest BCUT2D eigenvalue weighted by Crippen LogP contribution is 2.47. The second-order valence-electron chi connectivity index (χ2n) is 4.29. The van der Waals surface area contributed by atoms with Crippen molar-refractivity contribution in [1.82, 2.24) is 0 Å². The normalized spacial score (nSPS) is 58.2. The predicted octanol–water partition coefficient (Wildman–Crippen LogP) is 1.29. The van der Waals surface area contributed by atoms with Gasteiger partial charge in [0.25, 0.3) is 0 Å². The zero-order valence-electron chi connectivity index (χ0n) is 7.90. The highest BCUT2D eigenvalue weighted by atomic mass is 16.7. The van der Waals surface area contributed by atoms with Crippen molar-refractivity contribution in [3.63, 3.8) is 0 Å². The zero-order chi connectivity index (χ0) is 9.16. The average molecular weight is 182 g/mol. The van der Waals surface area contributed by atoms with Crippen molar-refractivity contribution < 1.29 is 14.2 Å². The summed E-state index contributed by atoms with van der Waals surface area (Å²) in [5, 5.41) is 0. The van der Waals surface area contributed by atoms with Gasteiger partial charge in [-0.3, -0.25) is 0 Å². The molecule has 0 aromatic heterocycles. The van der Waals surface area contributed by atoms with E-state index in [0.717, 1.165) is 5.76 Å². The molecule has 1 unspecified atom stereocenters. The third-order valence-electron chi connectivity index (χ3n) is 3.48. The van der Waals surface area contributed by atoms with Crippen LogP contribution >= 0.6 is 0 Å². The van der Waals surface area contributed by atoms with E-state index in [1.807, 2.05) is 0 Å². The summed E-state index contributed by atoms with van der Waals surface area (Å²) in [7, 11) is 0. The Kier molecular flexibility index (Phi) is 1.37. The van der Waals surface area contributed by atoms with Gasteiger partial charge >= 0.3 is 0 Å². The quantitative estimate of drug-likeness (QED) is 0.565. The SMILES string of the molecule is C=C1O[C@H]2OC3[C@@H](C)[C@@H]1O[C@@H]2[C@H]3C. The van der Waals surface area contributed by atoms with Crippen LogP contribution in [0.1, 0.15) is 13.8 Å². The lowest BCUT2D eigenvalue weighted by Gasteiger charge is -2.40. The molecule has 6 atom stereocenters. The molecule has 3 heteroatoms. The topological polar surface area (TPSA) is 27.7 Å². The molecule has 72 valence electrons. The Morgan fingerprint density at radius 1 is 1.08 bits per heavy atom. The summed E-state index contributed by atoms with van der Waals surface area (Å²) in [5.74, 6) is 1.55. The summed E-state index contributed by atoms with van der Waals surface area (Å²) < 4.78 is 17.2. The molecular weight excluding hydrogens is 168 g/mol. The fourth-order valence-corrected chi connectivity index (χ4v) is 2.73. The van der Waals surface area contributed by atoms with Crippen molar-refractivity contribution in [2.75, 3.05) is 0 Å². The smallest absolute Gasteiger partial charge is 0.226 e. The van der Waals surface area contributed by atoms with Gasteiger partial charge in [0.1, 0.15) is 18.0 Å². The van der Waals surface area contributed by atoms with Crippen LogP contribution in [-0.4, -0.2) is 24.6 Å². The van der Waals surface area contributed by atoms with Crippen molar-refractivity contribution in [2.45, 2.75) is 38.4 Å². The van der Waals surface area contributed by atoms with Crippen LogP contribution in [0.15, 0.2) is 12.3 Å². The molecular formula is C10H14O3. The van der Waals surface area contributed by atoms with Gasteiger partial charge in [-0.25, -0.2) is 0 Å². The summed E-state index contributed by atoms with van der Waals surface area (Å²) in [6, 6.07) is 0. The number of fused-ring (bicyclic) bond motifs is 2. The maximum absolute atomic E-state index is 5.86. The van der Waals surface area contributed by atoms with E-state index in [2.05, 4.69) is 20.4 Å². The minimum absolute atomic E-state index is 0.0462. The number of ether oxygens (including phenoxy) is 3. The largest absolute Gasteiger partial charge is 0.464 e. The minimum Gasteiger partial charge on any atom is -0.464 e. The van der Waals surface area contributed by atoms with E-state index in [9.17, 15) is 0 Å². The molecule has 0 N–H and O–H groups in total. The van der Waals surface area contributed by atoms with Gasteiger partial charge in [-0.1, -0.05) is 20.4 Å². The lowest BCUT2D eigenvalue weighted by molar-refractivity contribution is -0.194. The van der Waals surface area contributed by atoms with Crippen LogP contribution in [0.2, 0.25) is 0 Å². The minimum atomic E-state index is -0.200. The van der Waals surface area contributed by atoms with Crippen LogP contribution in [-0.2, 0) is 14.2 Å². The van der Waals surface area contributed by atoms with Gasteiger partial charge < -0.3 is 14.2 Å². The molecule has 3 aliphatic rings. The van der Waals surface area contributed by atoms with Crippen LogP contribution in [0, 0.1) is 11.8 Å². The monoisotopic (exact) mass is 182 g/mol. The molecule has 3 nitrogen and oxygen atoms in total. The summed E-state index contributed by atoms with van der Waals surface area (Å²) in [4.78, 5) is 0. The van der Waals surface area contributed by atoms with Gasteiger partial charge in [0.2, 0.25) is 6.29 Å². The fourth-order valence-electron chi connectivity index (χ4n) is 2.73. The summed E-state index contributed by atoms with van der Waals surface area (Å²) in [6.45, 7) is 8.17. The molecule has 0 amide bonds. The van der Waals surface area contributed by atoms with Crippen LogP contribution < -0.4 is 0 Å². The summed E-state index contributed by atoms with van der Waals surface area (Å²) in [6.07, 6.45) is 0.253. The Morgan fingerprint density at radius 2 is 1.85 bits per heavy atom. The van der Waals surface area contributed by atoms with Crippen molar-refractivity contribution in [2.24, 2.45) is 11.8 Å². The first kappa shape index (κ1) is 7.83.